The van der Waals surface area contributed by atoms with E-state index < -0.39 is 0 Å². The molecule has 2 heterocycles. The number of rotatable bonds is 1. The molecule has 2 nitrogen and oxygen atoms in total. The van der Waals surface area contributed by atoms with Crippen molar-refractivity contribution in [3.05, 3.63) is 0 Å². The molecule has 0 amide bonds. The summed E-state index contributed by atoms with van der Waals surface area (Å²) in [5, 5.41) is 0. The summed E-state index contributed by atoms with van der Waals surface area (Å²) in [7, 11) is 0. The number of hydrogen-bond donors (Lipinski definition) is 1. The molecule has 0 saturated carbocycles. The van der Waals surface area contributed by atoms with Gasteiger partial charge < -0.3 is 5.73 Å². The Kier molecular flexibility index (Phi) is 2.66. The Bertz CT molecular complexity index is 138. The van der Waals surface area contributed by atoms with Crippen molar-refractivity contribution in [2.45, 2.75) is 50.6 Å². The molecule has 0 aliphatic carbocycles. The predicted molar refractivity (Wildman–Crippen MR) is 51.0 cm³/mol. The Balaban J connectivity index is 1.99. The number of nitrogens with zero attached hydrogens (tertiary/aromatic N) is 1. The first-order valence-electron chi connectivity index (χ1n) is 5.37. The number of fused-ring (bicyclic) bond motifs is 1. The third kappa shape index (κ3) is 1.50. The van der Waals surface area contributed by atoms with Gasteiger partial charge in [0.15, 0.2) is 0 Å². The molecule has 2 aliphatic rings. The van der Waals surface area contributed by atoms with Crippen LogP contribution in [0.5, 0.6) is 0 Å². The zero-order valence-electron chi connectivity index (χ0n) is 7.84. The molecule has 0 aromatic heterocycles. The second-order valence-electron chi connectivity index (χ2n) is 4.21. The zero-order valence-corrected chi connectivity index (χ0v) is 7.84. The molecule has 2 rings (SSSR count). The van der Waals surface area contributed by atoms with E-state index in [9.17, 15) is 0 Å². The second-order valence-corrected chi connectivity index (χ2v) is 4.21. The second kappa shape index (κ2) is 3.75. The van der Waals surface area contributed by atoms with Crippen LogP contribution in [-0.4, -0.2) is 30.1 Å². The van der Waals surface area contributed by atoms with Crippen LogP contribution in [0.25, 0.3) is 0 Å². The van der Waals surface area contributed by atoms with Gasteiger partial charge in [0.05, 0.1) is 0 Å². The fraction of sp³-hybridized carbons (Fsp3) is 1.00. The van der Waals surface area contributed by atoms with E-state index in [0.29, 0.717) is 6.04 Å². The summed E-state index contributed by atoms with van der Waals surface area (Å²) in [4.78, 5) is 2.67. The molecular weight excluding hydrogens is 148 g/mol. The van der Waals surface area contributed by atoms with Crippen molar-refractivity contribution in [3.63, 3.8) is 0 Å². The van der Waals surface area contributed by atoms with Crippen molar-refractivity contribution < 1.29 is 0 Å². The molecule has 2 heteroatoms. The van der Waals surface area contributed by atoms with Crippen LogP contribution in [0.1, 0.15) is 38.5 Å². The van der Waals surface area contributed by atoms with Crippen molar-refractivity contribution in [1.82, 2.24) is 4.90 Å². The highest BCUT2D eigenvalue weighted by atomic mass is 15.2. The maximum atomic E-state index is 5.77. The summed E-state index contributed by atoms with van der Waals surface area (Å²) >= 11 is 0. The SMILES string of the molecule is NCC1CCCC2CCCCN12. The van der Waals surface area contributed by atoms with E-state index in [2.05, 4.69) is 4.90 Å². The van der Waals surface area contributed by atoms with E-state index in [0.717, 1.165) is 12.6 Å². The van der Waals surface area contributed by atoms with Gasteiger partial charge in [0.1, 0.15) is 0 Å². The monoisotopic (exact) mass is 168 g/mol. The predicted octanol–water partition coefficient (Wildman–Crippen LogP) is 1.35. The molecular formula is C10H20N2. The van der Waals surface area contributed by atoms with Crippen LogP contribution in [0, 0.1) is 0 Å². The maximum Gasteiger partial charge on any atom is 0.0221 e. The largest absolute Gasteiger partial charge is 0.329 e. The fourth-order valence-electron chi connectivity index (χ4n) is 2.82. The fourth-order valence-corrected chi connectivity index (χ4v) is 2.82. The molecule has 0 spiro atoms. The van der Waals surface area contributed by atoms with E-state index in [-0.39, 0.29) is 0 Å². The quantitative estimate of drug-likeness (QED) is 0.640. The standard InChI is InChI=1S/C10H20N2/c11-8-10-6-3-5-9-4-1-2-7-12(9)10/h9-10H,1-8,11H2. The molecule has 2 aliphatic heterocycles. The van der Waals surface area contributed by atoms with E-state index in [4.69, 9.17) is 5.73 Å². The highest BCUT2D eigenvalue weighted by Gasteiger charge is 2.30. The van der Waals surface area contributed by atoms with Crippen LogP contribution < -0.4 is 5.73 Å². The minimum Gasteiger partial charge on any atom is -0.329 e. The third-order valence-electron chi connectivity index (χ3n) is 3.49. The van der Waals surface area contributed by atoms with Crippen LogP contribution in [0.3, 0.4) is 0 Å². The number of nitrogens with two attached hydrogens (primary N) is 1. The lowest BCUT2D eigenvalue weighted by Gasteiger charge is -2.44. The van der Waals surface area contributed by atoms with E-state index in [1.165, 1.54) is 45.1 Å². The summed E-state index contributed by atoms with van der Waals surface area (Å²) in [6.07, 6.45) is 8.44. The maximum absolute atomic E-state index is 5.77. The molecule has 0 aromatic rings. The lowest BCUT2D eigenvalue weighted by Crippen LogP contribution is -2.51. The van der Waals surface area contributed by atoms with E-state index in [1.807, 2.05) is 0 Å². The first-order chi connectivity index (χ1) is 5.92. The molecule has 0 bridgehead atoms. The van der Waals surface area contributed by atoms with Crippen molar-refractivity contribution in [2.24, 2.45) is 5.73 Å². The Morgan fingerprint density at radius 1 is 1.08 bits per heavy atom. The van der Waals surface area contributed by atoms with Crippen LogP contribution in [0.2, 0.25) is 0 Å². The summed E-state index contributed by atoms with van der Waals surface area (Å²) in [5.74, 6) is 0. The molecule has 2 unspecified atom stereocenters. The highest BCUT2D eigenvalue weighted by molar-refractivity contribution is 4.87. The smallest absolute Gasteiger partial charge is 0.0221 e. The summed E-state index contributed by atoms with van der Waals surface area (Å²) in [5.41, 5.74) is 5.77. The molecule has 2 atom stereocenters. The molecule has 2 N–H and O–H groups in total. The van der Waals surface area contributed by atoms with Crippen LogP contribution >= 0.6 is 0 Å². The molecule has 70 valence electrons. The third-order valence-corrected chi connectivity index (χ3v) is 3.49. The van der Waals surface area contributed by atoms with Gasteiger partial charge in [-0.05, 0) is 32.2 Å². The van der Waals surface area contributed by atoms with Gasteiger partial charge in [-0.1, -0.05) is 12.8 Å². The number of piperidine rings is 2. The van der Waals surface area contributed by atoms with E-state index >= 15 is 0 Å². The molecule has 2 fully saturated rings. The molecule has 0 aromatic carbocycles. The normalized spacial score (nSPS) is 37.8. The highest BCUT2D eigenvalue weighted by Crippen LogP contribution is 2.29. The van der Waals surface area contributed by atoms with Crippen LogP contribution in [0.4, 0.5) is 0 Å². The molecule has 0 radical (unpaired) electrons. The van der Waals surface area contributed by atoms with Gasteiger partial charge in [0, 0.05) is 18.6 Å². The summed E-state index contributed by atoms with van der Waals surface area (Å²) in [6.45, 7) is 2.18. The van der Waals surface area contributed by atoms with Crippen molar-refractivity contribution >= 4 is 0 Å². The van der Waals surface area contributed by atoms with Crippen molar-refractivity contribution in [1.29, 1.82) is 0 Å². The number of hydrogen-bond acceptors (Lipinski definition) is 2. The first-order valence-corrected chi connectivity index (χ1v) is 5.37. The Labute approximate surface area is 75.1 Å². The van der Waals surface area contributed by atoms with Gasteiger partial charge in [-0.15, -0.1) is 0 Å². The molecule has 12 heavy (non-hydrogen) atoms. The summed E-state index contributed by atoms with van der Waals surface area (Å²) in [6, 6.07) is 1.60. The lowest BCUT2D eigenvalue weighted by molar-refractivity contribution is 0.0566. The van der Waals surface area contributed by atoms with E-state index in [1.54, 1.807) is 0 Å². The average molecular weight is 168 g/mol. The topological polar surface area (TPSA) is 29.3 Å². The Morgan fingerprint density at radius 3 is 2.75 bits per heavy atom. The minimum absolute atomic E-state index is 0.712. The van der Waals surface area contributed by atoms with Gasteiger partial charge in [-0.3, -0.25) is 4.90 Å². The van der Waals surface area contributed by atoms with Gasteiger partial charge in [0.2, 0.25) is 0 Å². The van der Waals surface area contributed by atoms with Crippen LogP contribution in [-0.2, 0) is 0 Å². The van der Waals surface area contributed by atoms with Gasteiger partial charge >= 0.3 is 0 Å². The Morgan fingerprint density at radius 2 is 1.92 bits per heavy atom. The lowest BCUT2D eigenvalue weighted by atomic mass is 9.89. The zero-order chi connectivity index (χ0) is 8.39. The first kappa shape index (κ1) is 8.52. The molecule has 2 saturated heterocycles. The van der Waals surface area contributed by atoms with Gasteiger partial charge in [-0.25, -0.2) is 0 Å². The average Bonchev–Trinajstić information content (AvgIpc) is 2.17. The van der Waals surface area contributed by atoms with Crippen molar-refractivity contribution in [2.75, 3.05) is 13.1 Å². The summed E-state index contributed by atoms with van der Waals surface area (Å²) < 4.78 is 0. The minimum atomic E-state index is 0.712. The van der Waals surface area contributed by atoms with Crippen LogP contribution in [0.15, 0.2) is 0 Å². The van der Waals surface area contributed by atoms with Gasteiger partial charge in [-0.2, -0.15) is 0 Å². The Hall–Kier alpha value is -0.0800. The van der Waals surface area contributed by atoms with Crippen molar-refractivity contribution in [3.8, 4) is 0 Å². The van der Waals surface area contributed by atoms with Gasteiger partial charge in [0.25, 0.3) is 0 Å².